The molecule has 0 atom stereocenters. The van der Waals surface area contributed by atoms with E-state index in [1.807, 2.05) is 0 Å². The van der Waals surface area contributed by atoms with Gasteiger partial charge < -0.3 is 9.15 Å². The third kappa shape index (κ3) is 3.96. The van der Waals surface area contributed by atoms with E-state index in [-0.39, 0.29) is 12.5 Å². The van der Waals surface area contributed by atoms with E-state index in [1.165, 1.54) is 17.4 Å². The second-order valence-electron chi connectivity index (χ2n) is 5.04. The van der Waals surface area contributed by atoms with Crippen molar-refractivity contribution in [3.63, 3.8) is 0 Å². The van der Waals surface area contributed by atoms with Crippen LogP contribution in [0.2, 0.25) is 0 Å². The Bertz CT molecular complexity index is 919. The van der Waals surface area contributed by atoms with Crippen molar-refractivity contribution in [2.24, 2.45) is 0 Å². The number of carbonyl (C=O) groups is 1. The van der Waals surface area contributed by atoms with Crippen LogP contribution in [-0.4, -0.2) is 22.7 Å². The maximum Gasteiger partial charge on any atom is 0.336 e. The highest BCUT2D eigenvalue weighted by atomic mass is 32.1. The normalized spacial score (nSPS) is 10.7. The summed E-state index contributed by atoms with van der Waals surface area (Å²) in [7, 11) is 0. The van der Waals surface area contributed by atoms with Crippen LogP contribution in [0.15, 0.2) is 39.5 Å². The standard InChI is InChI=1S/C16H15N3O4S/c1-2-3-14-18-19-16(24-14)17-13(20)9-22-11-6-4-10-5-7-15(21)23-12(10)8-11/h4-8H,2-3,9H2,1H3,(H,17,19,20). The monoisotopic (exact) mass is 345 g/mol. The number of carbonyl (C=O) groups excluding carboxylic acids is 1. The van der Waals surface area contributed by atoms with Crippen molar-refractivity contribution in [1.29, 1.82) is 0 Å². The first-order chi connectivity index (χ1) is 11.6. The molecule has 0 fully saturated rings. The van der Waals surface area contributed by atoms with Gasteiger partial charge in [0.25, 0.3) is 5.91 Å². The number of hydrogen-bond acceptors (Lipinski definition) is 7. The zero-order chi connectivity index (χ0) is 16.9. The molecule has 1 aromatic carbocycles. The van der Waals surface area contributed by atoms with Crippen molar-refractivity contribution in [3.05, 3.63) is 45.8 Å². The van der Waals surface area contributed by atoms with Crippen molar-refractivity contribution in [3.8, 4) is 5.75 Å². The van der Waals surface area contributed by atoms with Gasteiger partial charge in [0.05, 0.1) is 0 Å². The van der Waals surface area contributed by atoms with Gasteiger partial charge in [0.1, 0.15) is 16.3 Å². The highest BCUT2D eigenvalue weighted by Crippen LogP contribution is 2.20. The van der Waals surface area contributed by atoms with E-state index in [0.29, 0.717) is 16.5 Å². The fourth-order valence-corrected chi connectivity index (χ4v) is 2.91. The van der Waals surface area contributed by atoms with Gasteiger partial charge in [-0.1, -0.05) is 18.3 Å². The molecule has 8 heteroatoms. The van der Waals surface area contributed by atoms with Crippen LogP contribution in [0.25, 0.3) is 11.0 Å². The van der Waals surface area contributed by atoms with Gasteiger partial charge in [-0.15, -0.1) is 10.2 Å². The molecule has 24 heavy (non-hydrogen) atoms. The lowest BCUT2D eigenvalue weighted by Crippen LogP contribution is -2.20. The molecule has 124 valence electrons. The first kappa shape index (κ1) is 16.1. The van der Waals surface area contributed by atoms with Crippen LogP contribution in [0, 0.1) is 0 Å². The van der Waals surface area contributed by atoms with Gasteiger partial charge >= 0.3 is 5.63 Å². The predicted octanol–water partition coefficient (Wildman–Crippen LogP) is 2.61. The van der Waals surface area contributed by atoms with Gasteiger partial charge in [-0.3, -0.25) is 10.1 Å². The van der Waals surface area contributed by atoms with E-state index < -0.39 is 5.63 Å². The molecule has 0 saturated carbocycles. The van der Waals surface area contributed by atoms with Gasteiger partial charge in [-0.05, 0) is 24.6 Å². The summed E-state index contributed by atoms with van der Waals surface area (Å²) in [5.74, 6) is 0.111. The van der Waals surface area contributed by atoms with E-state index >= 15 is 0 Å². The zero-order valence-corrected chi connectivity index (χ0v) is 13.8. The smallest absolute Gasteiger partial charge is 0.336 e. The summed E-state index contributed by atoms with van der Waals surface area (Å²) in [5.41, 5.74) is -0.0229. The number of anilines is 1. The molecule has 0 aliphatic heterocycles. The van der Waals surface area contributed by atoms with Crippen molar-refractivity contribution >= 4 is 33.3 Å². The number of amides is 1. The summed E-state index contributed by atoms with van der Waals surface area (Å²) in [4.78, 5) is 23.1. The Morgan fingerprint density at radius 1 is 1.29 bits per heavy atom. The van der Waals surface area contributed by atoms with Crippen LogP contribution >= 0.6 is 11.3 Å². The van der Waals surface area contributed by atoms with E-state index in [9.17, 15) is 9.59 Å². The van der Waals surface area contributed by atoms with Gasteiger partial charge in [-0.25, -0.2) is 4.79 Å². The number of nitrogens with zero attached hydrogens (tertiary/aromatic N) is 2. The van der Waals surface area contributed by atoms with Crippen LogP contribution in [0.5, 0.6) is 5.75 Å². The average Bonchev–Trinajstić information content (AvgIpc) is 3.00. The van der Waals surface area contributed by atoms with E-state index in [2.05, 4.69) is 22.4 Å². The van der Waals surface area contributed by atoms with Gasteiger partial charge in [0.15, 0.2) is 6.61 Å². The van der Waals surface area contributed by atoms with E-state index in [1.54, 1.807) is 24.3 Å². The predicted molar refractivity (Wildman–Crippen MR) is 90.5 cm³/mol. The second-order valence-corrected chi connectivity index (χ2v) is 6.10. The fraction of sp³-hybridized carbons (Fsp3) is 0.250. The third-order valence-corrected chi connectivity index (χ3v) is 4.04. The average molecular weight is 345 g/mol. The second kappa shape index (κ2) is 7.22. The number of benzene rings is 1. The summed E-state index contributed by atoms with van der Waals surface area (Å²) >= 11 is 1.35. The minimum Gasteiger partial charge on any atom is -0.484 e. The number of aromatic nitrogens is 2. The van der Waals surface area contributed by atoms with Gasteiger partial charge in [0, 0.05) is 23.9 Å². The number of aryl methyl sites for hydroxylation is 1. The van der Waals surface area contributed by atoms with E-state index in [0.717, 1.165) is 23.2 Å². The number of fused-ring (bicyclic) bond motifs is 1. The molecule has 3 rings (SSSR count). The molecule has 1 N–H and O–H groups in total. The van der Waals surface area contributed by atoms with Crippen LogP contribution in [0.3, 0.4) is 0 Å². The van der Waals surface area contributed by atoms with Crippen LogP contribution in [-0.2, 0) is 11.2 Å². The van der Waals surface area contributed by atoms with Crippen molar-refractivity contribution in [1.82, 2.24) is 10.2 Å². The van der Waals surface area contributed by atoms with Crippen molar-refractivity contribution < 1.29 is 13.9 Å². The molecule has 0 saturated heterocycles. The molecule has 0 unspecified atom stereocenters. The maximum absolute atomic E-state index is 11.9. The Labute approximate surface area is 141 Å². The molecule has 0 aliphatic carbocycles. The molecule has 1 amide bonds. The number of hydrogen-bond donors (Lipinski definition) is 1. The molecule has 3 aromatic rings. The minimum absolute atomic E-state index is 0.175. The Hall–Kier alpha value is -2.74. The molecule has 2 heterocycles. The Balaban J connectivity index is 1.60. The van der Waals surface area contributed by atoms with Crippen molar-refractivity contribution in [2.75, 3.05) is 11.9 Å². The molecule has 0 spiro atoms. The highest BCUT2D eigenvalue weighted by Gasteiger charge is 2.09. The molecular weight excluding hydrogens is 330 g/mol. The van der Waals surface area contributed by atoms with Crippen molar-refractivity contribution in [2.45, 2.75) is 19.8 Å². The van der Waals surface area contributed by atoms with E-state index in [4.69, 9.17) is 9.15 Å². The molecule has 0 radical (unpaired) electrons. The van der Waals surface area contributed by atoms with Crippen LogP contribution < -0.4 is 15.7 Å². The topological polar surface area (TPSA) is 94.3 Å². The Morgan fingerprint density at radius 2 is 2.12 bits per heavy atom. The zero-order valence-electron chi connectivity index (χ0n) is 12.9. The number of ether oxygens (including phenoxy) is 1. The van der Waals surface area contributed by atoms with Crippen LogP contribution in [0.1, 0.15) is 18.4 Å². The van der Waals surface area contributed by atoms with Gasteiger partial charge in [0.2, 0.25) is 5.13 Å². The molecule has 0 bridgehead atoms. The summed E-state index contributed by atoms with van der Waals surface area (Å²) in [6, 6.07) is 8.06. The summed E-state index contributed by atoms with van der Waals surface area (Å²) in [6.45, 7) is 1.88. The summed E-state index contributed by atoms with van der Waals surface area (Å²) in [6.07, 6.45) is 1.82. The molecule has 7 nitrogen and oxygen atoms in total. The lowest BCUT2D eigenvalue weighted by atomic mass is 10.2. The lowest BCUT2D eigenvalue weighted by molar-refractivity contribution is -0.118. The summed E-state index contributed by atoms with van der Waals surface area (Å²) in [5, 5.41) is 12.7. The van der Waals surface area contributed by atoms with Gasteiger partial charge in [-0.2, -0.15) is 0 Å². The minimum atomic E-state index is -0.434. The SMILES string of the molecule is CCCc1nnc(NC(=O)COc2ccc3ccc(=O)oc3c2)s1. The molecule has 2 aromatic heterocycles. The quantitative estimate of drug-likeness (QED) is 0.690. The number of nitrogens with one attached hydrogen (secondary N) is 1. The third-order valence-electron chi connectivity index (χ3n) is 3.14. The molecular formula is C16H15N3O4S. The number of rotatable bonds is 6. The summed E-state index contributed by atoms with van der Waals surface area (Å²) < 4.78 is 10.5. The highest BCUT2D eigenvalue weighted by molar-refractivity contribution is 7.15. The molecule has 0 aliphatic rings. The first-order valence-electron chi connectivity index (χ1n) is 7.43. The Morgan fingerprint density at radius 3 is 2.96 bits per heavy atom. The lowest BCUT2D eigenvalue weighted by Gasteiger charge is -2.06. The largest absolute Gasteiger partial charge is 0.484 e. The van der Waals surface area contributed by atoms with Crippen LogP contribution in [0.4, 0.5) is 5.13 Å². The maximum atomic E-state index is 11.9. The fourth-order valence-electron chi connectivity index (χ4n) is 2.05. The first-order valence-corrected chi connectivity index (χ1v) is 8.24. The Kier molecular flexibility index (Phi) is 4.85.